The van der Waals surface area contributed by atoms with E-state index < -0.39 is 11.7 Å². The van der Waals surface area contributed by atoms with Crippen LogP contribution in [0.4, 0.5) is 13.2 Å². The van der Waals surface area contributed by atoms with Gasteiger partial charge in [-0.05, 0) is 25.6 Å². The molecule has 1 heterocycles. The lowest BCUT2D eigenvalue weighted by Gasteiger charge is -2.32. The lowest BCUT2D eigenvalue weighted by molar-refractivity contribution is -0.138. The predicted octanol–water partition coefficient (Wildman–Crippen LogP) is 4.81. The summed E-state index contributed by atoms with van der Waals surface area (Å²) in [5.41, 5.74) is 0.531. The topological polar surface area (TPSA) is 6.48 Å². The molecule has 1 aromatic carbocycles. The molecule has 134 valence electrons. The third kappa shape index (κ3) is 7.36. The molecule has 0 spiro atoms. The molecule has 0 saturated carbocycles. The number of alkyl halides is 3. The Morgan fingerprint density at radius 3 is 1.96 bits per heavy atom. The van der Waals surface area contributed by atoms with Crippen LogP contribution in [-0.2, 0) is 12.7 Å². The number of aryl methyl sites for hydroxylation is 1. The van der Waals surface area contributed by atoms with Crippen molar-refractivity contribution in [1.82, 2.24) is 9.80 Å². The van der Waals surface area contributed by atoms with Crippen molar-refractivity contribution in [3.63, 3.8) is 0 Å². The smallest absolute Gasteiger partial charge is 0.304 e. The Balaban J connectivity index is 0.00000112. The summed E-state index contributed by atoms with van der Waals surface area (Å²) < 4.78 is 39.1. The molecule has 0 aromatic heterocycles. The number of hydrogen-bond acceptors (Lipinski definition) is 2. The summed E-state index contributed by atoms with van der Waals surface area (Å²) in [5.74, 6) is 0. The van der Waals surface area contributed by atoms with Crippen LogP contribution in [0, 0.1) is 6.92 Å². The molecule has 23 heavy (non-hydrogen) atoms. The Bertz CT molecular complexity index is 436. The molecule has 0 bridgehead atoms. The zero-order valence-corrected chi connectivity index (χ0v) is 15.3. The summed E-state index contributed by atoms with van der Waals surface area (Å²) in [4.78, 5) is 4.27. The highest BCUT2D eigenvalue weighted by molar-refractivity contribution is 5.33. The average Bonchev–Trinajstić information content (AvgIpc) is 2.54. The van der Waals surface area contributed by atoms with Crippen LogP contribution in [0.2, 0.25) is 0 Å². The zero-order chi connectivity index (χ0) is 18.0. The summed E-state index contributed by atoms with van der Waals surface area (Å²) >= 11 is 0. The molecule has 1 aromatic rings. The molecule has 1 aliphatic rings. The van der Waals surface area contributed by atoms with E-state index in [-0.39, 0.29) is 0 Å². The van der Waals surface area contributed by atoms with Gasteiger partial charge in [-0.3, -0.25) is 4.90 Å². The fourth-order valence-electron chi connectivity index (χ4n) is 2.34. The van der Waals surface area contributed by atoms with E-state index in [0.717, 1.165) is 26.2 Å². The van der Waals surface area contributed by atoms with Gasteiger partial charge in [0, 0.05) is 32.7 Å². The second-order valence-electron chi connectivity index (χ2n) is 5.24. The number of hydrogen-bond donors (Lipinski definition) is 0. The predicted molar refractivity (Wildman–Crippen MR) is 91.7 cm³/mol. The van der Waals surface area contributed by atoms with E-state index in [1.54, 1.807) is 19.1 Å². The standard InChI is InChI=1S/C14H19F3N2.2C2H6/c1-11-3-4-12(13(9-11)14(15,16)17)10-19-7-5-18(2)6-8-19;2*1-2/h3-4,9H,5-8,10H2,1-2H3;2*1-2H3. The van der Waals surface area contributed by atoms with E-state index >= 15 is 0 Å². The fraction of sp³-hybridized carbons (Fsp3) is 0.667. The van der Waals surface area contributed by atoms with Gasteiger partial charge in [-0.25, -0.2) is 0 Å². The first-order chi connectivity index (χ1) is 10.9. The van der Waals surface area contributed by atoms with Crippen LogP contribution < -0.4 is 0 Å². The summed E-state index contributed by atoms with van der Waals surface area (Å²) in [6, 6.07) is 4.60. The lowest BCUT2D eigenvalue weighted by atomic mass is 10.0. The van der Waals surface area contributed by atoms with Crippen LogP contribution >= 0.6 is 0 Å². The molecular weight excluding hydrogens is 301 g/mol. The molecule has 2 nitrogen and oxygen atoms in total. The van der Waals surface area contributed by atoms with Crippen molar-refractivity contribution in [2.75, 3.05) is 33.2 Å². The van der Waals surface area contributed by atoms with Crippen molar-refractivity contribution in [2.45, 2.75) is 47.3 Å². The van der Waals surface area contributed by atoms with Gasteiger partial charge < -0.3 is 4.90 Å². The quantitative estimate of drug-likeness (QED) is 0.766. The Labute approximate surface area is 139 Å². The maximum atomic E-state index is 13.0. The van der Waals surface area contributed by atoms with Gasteiger partial charge in [0.1, 0.15) is 0 Å². The number of nitrogens with zero attached hydrogens (tertiary/aromatic N) is 2. The van der Waals surface area contributed by atoms with Crippen LogP contribution in [0.5, 0.6) is 0 Å². The molecular formula is C18H31F3N2. The molecule has 0 atom stereocenters. The van der Waals surface area contributed by atoms with Crippen LogP contribution in [0.3, 0.4) is 0 Å². The minimum absolute atomic E-state index is 0.377. The molecule has 2 rings (SSSR count). The summed E-state index contributed by atoms with van der Waals surface area (Å²) in [6.07, 6.45) is -4.27. The molecule has 1 fully saturated rings. The van der Waals surface area contributed by atoms with Gasteiger partial charge in [-0.15, -0.1) is 0 Å². The number of piperazine rings is 1. The van der Waals surface area contributed by atoms with Crippen LogP contribution in [0.1, 0.15) is 44.4 Å². The highest BCUT2D eigenvalue weighted by Crippen LogP contribution is 2.33. The Morgan fingerprint density at radius 1 is 0.957 bits per heavy atom. The lowest BCUT2D eigenvalue weighted by Crippen LogP contribution is -2.44. The molecule has 0 radical (unpaired) electrons. The van der Waals surface area contributed by atoms with Gasteiger partial charge in [0.2, 0.25) is 0 Å². The second-order valence-corrected chi connectivity index (χ2v) is 5.24. The molecule has 0 N–H and O–H groups in total. The molecule has 0 amide bonds. The Kier molecular flexibility index (Phi) is 10.2. The van der Waals surface area contributed by atoms with Gasteiger partial charge in [0.25, 0.3) is 0 Å². The van der Waals surface area contributed by atoms with Crippen LogP contribution in [0.25, 0.3) is 0 Å². The maximum Gasteiger partial charge on any atom is 0.416 e. The minimum Gasteiger partial charge on any atom is -0.304 e. The van der Waals surface area contributed by atoms with E-state index in [2.05, 4.69) is 9.80 Å². The number of halogens is 3. The van der Waals surface area contributed by atoms with Gasteiger partial charge in [-0.1, -0.05) is 45.4 Å². The Morgan fingerprint density at radius 2 is 1.48 bits per heavy atom. The number of benzene rings is 1. The maximum absolute atomic E-state index is 13.0. The summed E-state index contributed by atoms with van der Waals surface area (Å²) in [6.45, 7) is 13.5. The normalized spacial score (nSPS) is 16.0. The molecule has 1 aliphatic heterocycles. The first kappa shape index (κ1) is 21.9. The van der Waals surface area contributed by atoms with Crippen molar-refractivity contribution in [3.05, 3.63) is 34.9 Å². The van der Waals surface area contributed by atoms with E-state index in [4.69, 9.17) is 0 Å². The van der Waals surface area contributed by atoms with Crippen molar-refractivity contribution >= 4 is 0 Å². The van der Waals surface area contributed by atoms with E-state index in [9.17, 15) is 13.2 Å². The monoisotopic (exact) mass is 332 g/mol. The zero-order valence-electron chi connectivity index (χ0n) is 15.3. The average molecular weight is 332 g/mol. The SMILES string of the molecule is CC.CC.Cc1ccc(CN2CCN(C)CC2)c(C(F)(F)F)c1. The van der Waals surface area contributed by atoms with E-state index in [1.165, 1.54) is 6.07 Å². The molecule has 1 saturated heterocycles. The van der Waals surface area contributed by atoms with Crippen molar-refractivity contribution < 1.29 is 13.2 Å². The van der Waals surface area contributed by atoms with Gasteiger partial charge in [0.05, 0.1) is 5.56 Å². The van der Waals surface area contributed by atoms with Crippen LogP contribution in [-0.4, -0.2) is 43.0 Å². The second kappa shape index (κ2) is 10.7. The molecule has 0 aliphatic carbocycles. The van der Waals surface area contributed by atoms with E-state index in [0.29, 0.717) is 17.7 Å². The Hall–Kier alpha value is -1.07. The molecule has 0 unspecified atom stereocenters. The summed E-state index contributed by atoms with van der Waals surface area (Å²) in [5, 5.41) is 0. The van der Waals surface area contributed by atoms with E-state index in [1.807, 2.05) is 34.7 Å². The first-order valence-corrected chi connectivity index (χ1v) is 8.44. The number of rotatable bonds is 2. The van der Waals surface area contributed by atoms with Gasteiger partial charge in [-0.2, -0.15) is 13.2 Å². The van der Waals surface area contributed by atoms with Crippen molar-refractivity contribution in [3.8, 4) is 0 Å². The van der Waals surface area contributed by atoms with Gasteiger partial charge >= 0.3 is 6.18 Å². The summed E-state index contributed by atoms with van der Waals surface area (Å²) in [7, 11) is 2.03. The van der Waals surface area contributed by atoms with Gasteiger partial charge in [0.15, 0.2) is 0 Å². The third-order valence-electron chi connectivity index (χ3n) is 3.56. The van der Waals surface area contributed by atoms with Crippen LogP contribution in [0.15, 0.2) is 18.2 Å². The van der Waals surface area contributed by atoms with Crippen molar-refractivity contribution in [1.29, 1.82) is 0 Å². The first-order valence-electron chi connectivity index (χ1n) is 8.44. The molecule has 5 heteroatoms. The highest BCUT2D eigenvalue weighted by Gasteiger charge is 2.33. The third-order valence-corrected chi connectivity index (χ3v) is 3.56. The number of likely N-dealkylation sites (N-methyl/N-ethyl adjacent to an activating group) is 1. The minimum atomic E-state index is -4.27. The largest absolute Gasteiger partial charge is 0.416 e. The highest BCUT2D eigenvalue weighted by atomic mass is 19.4. The van der Waals surface area contributed by atoms with Crippen molar-refractivity contribution in [2.24, 2.45) is 0 Å². The fourth-order valence-corrected chi connectivity index (χ4v) is 2.34.